The van der Waals surface area contributed by atoms with Gasteiger partial charge in [-0.25, -0.2) is 9.37 Å². The highest BCUT2D eigenvalue weighted by atomic mass is 19.1. The topological polar surface area (TPSA) is 65.8 Å². The summed E-state index contributed by atoms with van der Waals surface area (Å²) >= 11 is 0. The minimum absolute atomic E-state index is 0.00637. The molecule has 1 fully saturated rings. The van der Waals surface area contributed by atoms with E-state index in [0.29, 0.717) is 6.54 Å². The van der Waals surface area contributed by atoms with Crippen LogP contribution in [0.1, 0.15) is 24.1 Å². The zero-order valence-corrected chi connectivity index (χ0v) is 20.9. The van der Waals surface area contributed by atoms with Crippen LogP contribution in [0.5, 0.6) is 0 Å². The number of hydrogen-bond donors (Lipinski definition) is 1. The Hall–Kier alpha value is -3.94. The molecule has 186 valence electrons. The molecule has 4 aromatic rings. The number of aromatic nitrogens is 3. The van der Waals surface area contributed by atoms with Gasteiger partial charge in [0.2, 0.25) is 5.91 Å². The highest BCUT2D eigenvalue weighted by Crippen LogP contribution is 2.27. The summed E-state index contributed by atoms with van der Waals surface area (Å²) in [7, 11) is 4.02. The summed E-state index contributed by atoms with van der Waals surface area (Å²) in [5, 5.41) is 7.88. The average molecular weight is 487 g/mol. The predicted octanol–water partition coefficient (Wildman–Crippen LogP) is 4.44. The van der Waals surface area contributed by atoms with Crippen LogP contribution in [-0.2, 0) is 11.3 Å². The Morgan fingerprint density at radius 1 is 1.06 bits per heavy atom. The monoisotopic (exact) mass is 486 g/mol. The number of nitrogens with one attached hydrogen (secondary N) is 1. The zero-order chi connectivity index (χ0) is 25.2. The smallest absolute Gasteiger partial charge is 0.223 e. The quantitative estimate of drug-likeness (QED) is 0.437. The second-order valence-electron chi connectivity index (χ2n) is 9.60. The number of halogens is 1. The van der Waals surface area contributed by atoms with E-state index in [0.717, 1.165) is 65.6 Å². The SMILES string of the molecule is Cc1cc(N2CCC(C(=O)NCc3ccc(N(C)C)cc3)CC2)n2nc(-c3ccc(F)cc3)cc2n1. The first-order valence-electron chi connectivity index (χ1n) is 12.3. The van der Waals surface area contributed by atoms with Gasteiger partial charge in [-0.05, 0) is 61.7 Å². The van der Waals surface area contributed by atoms with Gasteiger partial charge in [-0.1, -0.05) is 12.1 Å². The van der Waals surface area contributed by atoms with Crippen molar-refractivity contribution in [2.75, 3.05) is 37.0 Å². The normalized spacial score (nSPS) is 14.3. The third kappa shape index (κ3) is 5.03. The van der Waals surface area contributed by atoms with Crippen molar-refractivity contribution >= 4 is 23.1 Å². The van der Waals surface area contributed by atoms with Gasteiger partial charge in [0.25, 0.3) is 0 Å². The summed E-state index contributed by atoms with van der Waals surface area (Å²) in [4.78, 5) is 21.8. The number of anilines is 2. The van der Waals surface area contributed by atoms with Gasteiger partial charge < -0.3 is 15.1 Å². The first-order chi connectivity index (χ1) is 17.4. The first kappa shape index (κ1) is 23.8. The van der Waals surface area contributed by atoms with Crippen molar-refractivity contribution in [3.05, 3.63) is 77.7 Å². The maximum atomic E-state index is 13.4. The van der Waals surface area contributed by atoms with E-state index >= 15 is 0 Å². The molecule has 1 saturated heterocycles. The zero-order valence-electron chi connectivity index (χ0n) is 20.9. The van der Waals surface area contributed by atoms with Crippen molar-refractivity contribution in [1.29, 1.82) is 0 Å². The molecule has 0 radical (unpaired) electrons. The fourth-order valence-electron chi connectivity index (χ4n) is 4.68. The van der Waals surface area contributed by atoms with Crippen LogP contribution in [0.25, 0.3) is 16.9 Å². The van der Waals surface area contributed by atoms with Gasteiger partial charge in [0.1, 0.15) is 11.6 Å². The van der Waals surface area contributed by atoms with Crippen LogP contribution in [0.3, 0.4) is 0 Å². The van der Waals surface area contributed by atoms with Crippen molar-refractivity contribution in [2.45, 2.75) is 26.3 Å². The molecule has 2 aromatic carbocycles. The molecular weight excluding hydrogens is 455 g/mol. The molecule has 7 nitrogen and oxygen atoms in total. The molecule has 0 atom stereocenters. The molecule has 0 saturated carbocycles. The lowest BCUT2D eigenvalue weighted by molar-refractivity contribution is -0.125. The Morgan fingerprint density at radius 3 is 2.42 bits per heavy atom. The van der Waals surface area contributed by atoms with Crippen LogP contribution in [0.4, 0.5) is 15.9 Å². The van der Waals surface area contributed by atoms with Crippen LogP contribution in [0.15, 0.2) is 60.7 Å². The molecule has 1 aliphatic rings. The number of carbonyl (C=O) groups excluding carboxylic acids is 1. The predicted molar refractivity (Wildman–Crippen MR) is 141 cm³/mol. The summed E-state index contributed by atoms with van der Waals surface area (Å²) in [6.07, 6.45) is 1.56. The third-order valence-electron chi connectivity index (χ3n) is 6.79. The van der Waals surface area contributed by atoms with Gasteiger partial charge in [-0.15, -0.1) is 0 Å². The Balaban J connectivity index is 1.24. The highest BCUT2D eigenvalue weighted by Gasteiger charge is 2.26. The standard InChI is InChI=1S/C28H31FN6O/c1-19-16-27(35-26(31-19)17-25(32-35)21-6-8-23(29)9-7-21)34-14-12-22(13-15-34)28(36)30-18-20-4-10-24(11-5-20)33(2)3/h4-11,16-17,22H,12-15,18H2,1-3H3,(H,30,36). The molecule has 0 bridgehead atoms. The molecule has 1 amide bonds. The number of piperidine rings is 1. The van der Waals surface area contributed by atoms with E-state index in [1.54, 1.807) is 12.1 Å². The van der Waals surface area contributed by atoms with Crippen LogP contribution < -0.4 is 15.1 Å². The molecule has 0 aliphatic carbocycles. The van der Waals surface area contributed by atoms with Crippen molar-refractivity contribution in [1.82, 2.24) is 19.9 Å². The summed E-state index contributed by atoms with van der Waals surface area (Å²) in [5.74, 6) is 0.796. The summed E-state index contributed by atoms with van der Waals surface area (Å²) in [6, 6.07) is 18.5. The van der Waals surface area contributed by atoms with E-state index in [1.807, 2.05) is 37.7 Å². The molecule has 0 spiro atoms. The molecule has 36 heavy (non-hydrogen) atoms. The lowest BCUT2D eigenvalue weighted by Crippen LogP contribution is -2.41. The number of aryl methyl sites for hydroxylation is 1. The first-order valence-corrected chi connectivity index (χ1v) is 12.3. The van der Waals surface area contributed by atoms with Crippen molar-refractivity contribution in [2.24, 2.45) is 5.92 Å². The van der Waals surface area contributed by atoms with E-state index in [9.17, 15) is 9.18 Å². The number of amides is 1. The van der Waals surface area contributed by atoms with Gasteiger partial charge in [0, 0.05) is 68.7 Å². The van der Waals surface area contributed by atoms with Crippen molar-refractivity contribution in [3.8, 4) is 11.3 Å². The van der Waals surface area contributed by atoms with Crippen molar-refractivity contribution in [3.63, 3.8) is 0 Å². The Labute approximate surface area is 210 Å². The molecule has 3 heterocycles. The third-order valence-corrected chi connectivity index (χ3v) is 6.79. The van der Waals surface area contributed by atoms with Crippen LogP contribution in [0, 0.1) is 18.7 Å². The Kier molecular flexibility index (Phi) is 6.59. The molecule has 0 unspecified atom stereocenters. The number of hydrogen-bond acceptors (Lipinski definition) is 5. The van der Waals surface area contributed by atoms with Gasteiger partial charge in [-0.3, -0.25) is 4.79 Å². The van der Waals surface area contributed by atoms with E-state index in [4.69, 9.17) is 5.10 Å². The van der Waals surface area contributed by atoms with Gasteiger partial charge in [0.05, 0.1) is 5.69 Å². The molecule has 8 heteroatoms. The maximum Gasteiger partial charge on any atom is 0.223 e. The Bertz CT molecular complexity index is 1360. The number of benzene rings is 2. The second kappa shape index (κ2) is 9.97. The minimum Gasteiger partial charge on any atom is -0.378 e. The van der Waals surface area contributed by atoms with Gasteiger partial charge in [-0.2, -0.15) is 9.61 Å². The minimum atomic E-state index is -0.272. The summed E-state index contributed by atoms with van der Waals surface area (Å²) in [5.41, 5.74) is 5.49. The molecule has 5 rings (SSSR count). The maximum absolute atomic E-state index is 13.4. The highest BCUT2D eigenvalue weighted by molar-refractivity contribution is 5.79. The lowest BCUT2D eigenvalue weighted by Gasteiger charge is -2.33. The lowest BCUT2D eigenvalue weighted by atomic mass is 9.95. The van der Waals surface area contributed by atoms with Crippen LogP contribution >= 0.6 is 0 Å². The largest absolute Gasteiger partial charge is 0.378 e. The van der Waals surface area contributed by atoms with Crippen LogP contribution in [0.2, 0.25) is 0 Å². The second-order valence-corrected chi connectivity index (χ2v) is 9.60. The number of carbonyl (C=O) groups is 1. The van der Waals surface area contributed by atoms with Gasteiger partial charge >= 0.3 is 0 Å². The fourth-order valence-corrected chi connectivity index (χ4v) is 4.68. The number of rotatable bonds is 6. The summed E-state index contributed by atoms with van der Waals surface area (Å²) < 4.78 is 15.2. The molecule has 1 N–H and O–H groups in total. The van der Waals surface area contributed by atoms with Gasteiger partial charge in [0.15, 0.2) is 5.65 Å². The molecule has 1 aliphatic heterocycles. The number of nitrogens with zero attached hydrogens (tertiary/aromatic N) is 5. The molecule has 2 aromatic heterocycles. The fraction of sp³-hybridized carbons (Fsp3) is 0.321. The van der Waals surface area contributed by atoms with Crippen molar-refractivity contribution < 1.29 is 9.18 Å². The van der Waals surface area contributed by atoms with Crippen LogP contribution in [-0.4, -0.2) is 47.7 Å². The number of fused-ring (bicyclic) bond motifs is 1. The van der Waals surface area contributed by atoms with E-state index in [2.05, 4.69) is 44.4 Å². The van der Waals surface area contributed by atoms with E-state index < -0.39 is 0 Å². The van der Waals surface area contributed by atoms with E-state index in [1.165, 1.54) is 12.1 Å². The van der Waals surface area contributed by atoms with E-state index in [-0.39, 0.29) is 17.6 Å². The molecular formula is C28H31FN6O. The Morgan fingerprint density at radius 2 is 1.75 bits per heavy atom. The summed E-state index contributed by atoms with van der Waals surface area (Å²) in [6.45, 7) is 4.04. The average Bonchev–Trinajstić information content (AvgIpc) is 3.31.